The van der Waals surface area contributed by atoms with Gasteiger partial charge in [-0.1, -0.05) is 6.07 Å². The van der Waals surface area contributed by atoms with E-state index in [4.69, 9.17) is 4.74 Å². The van der Waals surface area contributed by atoms with Crippen LogP contribution in [-0.4, -0.2) is 16.5 Å². The minimum Gasteiger partial charge on any atom is -0.370 e. The van der Waals surface area contributed by atoms with E-state index < -0.39 is 0 Å². The van der Waals surface area contributed by atoms with Gasteiger partial charge >= 0.3 is 0 Å². The van der Waals surface area contributed by atoms with E-state index in [2.05, 4.69) is 21.4 Å². The van der Waals surface area contributed by atoms with E-state index in [-0.39, 0.29) is 0 Å². The zero-order valence-electron chi connectivity index (χ0n) is 10.6. The molecule has 96 valence electrons. The molecule has 18 heavy (non-hydrogen) atoms. The van der Waals surface area contributed by atoms with Crippen molar-refractivity contribution in [2.24, 2.45) is 0 Å². The highest BCUT2D eigenvalue weighted by Crippen LogP contribution is 2.11. The fourth-order valence-electron chi connectivity index (χ4n) is 1.60. The highest BCUT2D eigenvalue weighted by Gasteiger charge is 2.02. The summed E-state index contributed by atoms with van der Waals surface area (Å²) in [5, 5.41) is 5.23. The highest BCUT2D eigenvalue weighted by molar-refractivity contribution is 7.09. The third-order valence-corrected chi connectivity index (χ3v) is 3.16. The van der Waals surface area contributed by atoms with Gasteiger partial charge in [-0.3, -0.25) is 0 Å². The topological polar surface area (TPSA) is 47.0 Å². The molecule has 0 aliphatic heterocycles. The summed E-state index contributed by atoms with van der Waals surface area (Å²) in [7, 11) is 0. The molecular weight excluding hydrogens is 246 g/mol. The zero-order valence-corrected chi connectivity index (χ0v) is 11.5. The number of aromatic nitrogens is 2. The number of ether oxygens (including phenoxy) is 1. The second kappa shape index (κ2) is 6.47. The van der Waals surface area contributed by atoms with Gasteiger partial charge in [0, 0.05) is 23.2 Å². The Labute approximate surface area is 111 Å². The van der Waals surface area contributed by atoms with E-state index in [1.54, 1.807) is 11.3 Å². The van der Waals surface area contributed by atoms with Crippen LogP contribution in [0.15, 0.2) is 23.6 Å². The Bertz CT molecular complexity index is 485. The lowest BCUT2D eigenvalue weighted by Gasteiger charge is -2.07. The largest absolute Gasteiger partial charge is 0.370 e. The van der Waals surface area contributed by atoms with Gasteiger partial charge in [0.25, 0.3) is 0 Å². The van der Waals surface area contributed by atoms with Gasteiger partial charge in [0.15, 0.2) is 5.82 Å². The molecule has 0 aromatic carbocycles. The van der Waals surface area contributed by atoms with Crippen molar-refractivity contribution in [3.8, 4) is 0 Å². The molecule has 4 nitrogen and oxygen atoms in total. The van der Waals surface area contributed by atoms with Gasteiger partial charge in [-0.2, -0.15) is 0 Å². The molecule has 0 amide bonds. The van der Waals surface area contributed by atoms with E-state index >= 15 is 0 Å². The predicted molar refractivity (Wildman–Crippen MR) is 73.7 cm³/mol. The standard InChI is InChI=1S/C13H17N3OS/c1-3-14-12-7-10(2)15-13(16-12)9-17-8-11-5-4-6-18-11/h4-7H,3,8-9H2,1-2H3,(H,14,15,16). The van der Waals surface area contributed by atoms with Gasteiger partial charge < -0.3 is 10.1 Å². The summed E-state index contributed by atoms with van der Waals surface area (Å²) < 4.78 is 5.61. The molecule has 2 rings (SSSR count). The third kappa shape index (κ3) is 3.78. The van der Waals surface area contributed by atoms with Crippen LogP contribution in [0.25, 0.3) is 0 Å². The Morgan fingerprint density at radius 2 is 2.22 bits per heavy atom. The maximum absolute atomic E-state index is 5.61. The van der Waals surface area contributed by atoms with Gasteiger partial charge in [0.1, 0.15) is 12.4 Å². The van der Waals surface area contributed by atoms with Crippen molar-refractivity contribution in [3.05, 3.63) is 40.0 Å². The molecule has 0 fully saturated rings. The summed E-state index contributed by atoms with van der Waals surface area (Å²) in [6, 6.07) is 6.02. The number of hydrogen-bond acceptors (Lipinski definition) is 5. The number of nitrogens with one attached hydrogen (secondary N) is 1. The lowest BCUT2D eigenvalue weighted by atomic mass is 10.4. The van der Waals surface area contributed by atoms with Crippen LogP contribution in [0.2, 0.25) is 0 Å². The van der Waals surface area contributed by atoms with Crippen LogP contribution < -0.4 is 5.32 Å². The molecule has 1 N–H and O–H groups in total. The molecule has 0 unspecified atom stereocenters. The van der Waals surface area contributed by atoms with Gasteiger partial charge in [-0.25, -0.2) is 9.97 Å². The summed E-state index contributed by atoms with van der Waals surface area (Å²) in [5.41, 5.74) is 0.954. The van der Waals surface area contributed by atoms with Gasteiger partial charge in [-0.15, -0.1) is 11.3 Å². The maximum Gasteiger partial charge on any atom is 0.156 e. The van der Waals surface area contributed by atoms with Crippen molar-refractivity contribution in [2.75, 3.05) is 11.9 Å². The summed E-state index contributed by atoms with van der Waals surface area (Å²) in [5.74, 6) is 1.59. The number of hydrogen-bond donors (Lipinski definition) is 1. The molecule has 0 atom stereocenters. The Kier molecular flexibility index (Phi) is 4.66. The second-order valence-corrected chi connectivity index (χ2v) is 4.95. The van der Waals surface area contributed by atoms with Crippen molar-refractivity contribution in [1.82, 2.24) is 9.97 Å². The second-order valence-electron chi connectivity index (χ2n) is 3.91. The minimum atomic E-state index is 0.442. The molecule has 2 aromatic rings. The first kappa shape index (κ1) is 13.0. The fraction of sp³-hybridized carbons (Fsp3) is 0.385. The maximum atomic E-state index is 5.61. The molecule has 0 spiro atoms. The molecule has 0 saturated heterocycles. The van der Waals surface area contributed by atoms with E-state index in [0.29, 0.717) is 13.2 Å². The SMILES string of the molecule is CCNc1cc(C)nc(COCc2cccs2)n1. The van der Waals surface area contributed by atoms with Crippen molar-refractivity contribution >= 4 is 17.2 Å². The number of nitrogens with zero attached hydrogens (tertiary/aromatic N) is 2. The normalized spacial score (nSPS) is 10.6. The van der Waals surface area contributed by atoms with E-state index in [9.17, 15) is 0 Å². The van der Waals surface area contributed by atoms with Crippen LogP contribution in [0.3, 0.4) is 0 Å². The van der Waals surface area contributed by atoms with Crippen LogP contribution >= 0.6 is 11.3 Å². The highest BCUT2D eigenvalue weighted by atomic mass is 32.1. The van der Waals surface area contributed by atoms with Crippen LogP contribution in [0.4, 0.5) is 5.82 Å². The van der Waals surface area contributed by atoms with Crippen molar-refractivity contribution < 1.29 is 4.74 Å². The van der Waals surface area contributed by atoms with Crippen LogP contribution in [0, 0.1) is 6.92 Å². The summed E-state index contributed by atoms with van der Waals surface area (Å²) >= 11 is 1.69. The molecule has 2 aromatic heterocycles. The lowest BCUT2D eigenvalue weighted by Crippen LogP contribution is -2.06. The first-order valence-corrected chi connectivity index (χ1v) is 6.84. The molecule has 0 bridgehead atoms. The van der Waals surface area contributed by atoms with Gasteiger partial charge in [-0.05, 0) is 25.3 Å². The van der Waals surface area contributed by atoms with Crippen molar-refractivity contribution in [2.45, 2.75) is 27.1 Å². The number of rotatable bonds is 6. The molecule has 5 heteroatoms. The van der Waals surface area contributed by atoms with Gasteiger partial charge in [0.05, 0.1) is 6.61 Å². The quantitative estimate of drug-likeness (QED) is 0.870. The summed E-state index contributed by atoms with van der Waals surface area (Å²) in [6.45, 7) is 5.92. The Morgan fingerprint density at radius 3 is 2.94 bits per heavy atom. The van der Waals surface area contributed by atoms with Crippen LogP contribution in [-0.2, 0) is 18.0 Å². The third-order valence-electron chi connectivity index (χ3n) is 2.31. The van der Waals surface area contributed by atoms with Crippen LogP contribution in [0.5, 0.6) is 0 Å². The minimum absolute atomic E-state index is 0.442. The molecule has 0 aliphatic carbocycles. The number of thiophene rings is 1. The van der Waals surface area contributed by atoms with Crippen LogP contribution in [0.1, 0.15) is 23.3 Å². The van der Waals surface area contributed by atoms with Crippen molar-refractivity contribution in [3.63, 3.8) is 0 Å². The Hall–Kier alpha value is -1.46. The molecular formula is C13H17N3OS. The fourth-order valence-corrected chi connectivity index (χ4v) is 2.24. The Morgan fingerprint density at radius 1 is 1.33 bits per heavy atom. The molecule has 0 radical (unpaired) electrons. The summed E-state index contributed by atoms with van der Waals surface area (Å²) in [4.78, 5) is 9.98. The first-order valence-electron chi connectivity index (χ1n) is 5.96. The van der Waals surface area contributed by atoms with Gasteiger partial charge in [0.2, 0.25) is 0 Å². The molecule has 0 aliphatic rings. The lowest BCUT2D eigenvalue weighted by molar-refractivity contribution is 0.104. The van der Waals surface area contributed by atoms with E-state index in [1.807, 2.05) is 31.4 Å². The average Bonchev–Trinajstić information content (AvgIpc) is 2.82. The summed E-state index contributed by atoms with van der Waals surface area (Å²) in [6.07, 6.45) is 0. The number of aryl methyl sites for hydroxylation is 1. The monoisotopic (exact) mass is 263 g/mol. The molecule has 2 heterocycles. The molecule has 0 saturated carbocycles. The first-order chi connectivity index (χ1) is 8.78. The van der Waals surface area contributed by atoms with E-state index in [1.165, 1.54) is 4.88 Å². The smallest absolute Gasteiger partial charge is 0.156 e. The predicted octanol–water partition coefficient (Wildman–Crippen LogP) is 3.00. The Balaban J connectivity index is 1.92. The number of anilines is 1. The van der Waals surface area contributed by atoms with Crippen molar-refractivity contribution in [1.29, 1.82) is 0 Å². The zero-order chi connectivity index (χ0) is 12.8. The average molecular weight is 263 g/mol. The van der Waals surface area contributed by atoms with E-state index in [0.717, 1.165) is 23.9 Å².